The summed E-state index contributed by atoms with van der Waals surface area (Å²) in [7, 11) is 0. The van der Waals surface area contributed by atoms with E-state index in [1.807, 2.05) is 0 Å². The first kappa shape index (κ1) is 52.3. The highest BCUT2D eigenvalue weighted by molar-refractivity contribution is 5.66. The molecule has 0 aliphatic carbocycles. The number of carboxylic acid groups (broad SMARTS) is 1. The second kappa shape index (κ2) is 25.4. The van der Waals surface area contributed by atoms with Crippen LogP contribution in [0.25, 0.3) is 0 Å². The molecule has 0 saturated carbocycles. The average molecular weight is 889 g/mol. The Morgan fingerprint density at radius 3 is 1.54 bits per heavy atom. The van der Waals surface area contributed by atoms with Crippen LogP contribution in [0.15, 0.2) is 0 Å². The highest BCUT2D eigenvalue weighted by Crippen LogP contribution is 2.37. The Hall–Kier alpha value is -1.29. The number of carboxylic acids is 1. The SMILES string of the molecule is CCCCC[C@@H](CCCCCCCCCC(=O)O)O[C@@H]1O[C@H](C)[C@@H](O)[C@H](O)[C@H]1O[C@@H]1O[C@H](CO)[C@@H](O)[C@H](O[C@@H]2O[C@H](CO)[C@@H](O)[C@H](O)[C@H]2O)[C@H]1O[C@@H]1O[C@@H](C)[C@H](O)[C@@H](O)[C@H]1O. The maximum Gasteiger partial charge on any atom is 0.303 e. The van der Waals surface area contributed by atoms with E-state index in [0.29, 0.717) is 19.3 Å². The van der Waals surface area contributed by atoms with Crippen molar-refractivity contribution in [2.24, 2.45) is 0 Å². The van der Waals surface area contributed by atoms with Crippen LogP contribution in [0, 0.1) is 0 Å². The van der Waals surface area contributed by atoms with Crippen molar-refractivity contribution in [1.29, 1.82) is 0 Å². The summed E-state index contributed by atoms with van der Waals surface area (Å²) in [4.78, 5) is 10.8. The van der Waals surface area contributed by atoms with E-state index in [0.717, 1.165) is 57.8 Å². The summed E-state index contributed by atoms with van der Waals surface area (Å²) in [6.07, 6.45) is -23.2. The van der Waals surface area contributed by atoms with Crippen LogP contribution in [0.2, 0.25) is 0 Å². The van der Waals surface area contributed by atoms with Gasteiger partial charge in [-0.1, -0.05) is 64.7 Å². The van der Waals surface area contributed by atoms with E-state index >= 15 is 0 Å². The Labute approximate surface area is 356 Å². The molecule has 0 amide bonds. The molecule has 61 heavy (non-hydrogen) atoms. The zero-order valence-electron chi connectivity index (χ0n) is 35.3. The van der Waals surface area contributed by atoms with Crippen LogP contribution in [-0.2, 0) is 42.7 Å². The van der Waals surface area contributed by atoms with Gasteiger partial charge in [0.15, 0.2) is 25.2 Å². The first-order valence-electron chi connectivity index (χ1n) is 21.8. The fourth-order valence-electron chi connectivity index (χ4n) is 8.10. The maximum absolute atomic E-state index is 11.5. The van der Waals surface area contributed by atoms with E-state index in [9.17, 15) is 61.0 Å². The van der Waals surface area contributed by atoms with Crippen LogP contribution in [0.3, 0.4) is 0 Å². The summed E-state index contributed by atoms with van der Waals surface area (Å²) in [5.74, 6) is -0.802. The van der Waals surface area contributed by atoms with Crippen molar-refractivity contribution in [3.05, 3.63) is 0 Å². The van der Waals surface area contributed by atoms with Crippen molar-refractivity contribution in [2.45, 2.75) is 233 Å². The first-order chi connectivity index (χ1) is 29.0. The number of carbonyl (C=O) groups is 1. The van der Waals surface area contributed by atoms with Crippen LogP contribution in [0.5, 0.6) is 0 Å². The number of unbranched alkanes of at least 4 members (excludes halogenated alkanes) is 8. The number of aliphatic hydroxyl groups is 11. The lowest BCUT2D eigenvalue weighted by Crippen LogP contribution is -2.68. The van der Waals surface area contributed by atoms with Gasteiger partial charge in [0.25, 0.3) is 0 Å². The largest absolute Gasteiger partial charge is 0.481 e. The molecule has 4 aliphatic heterocycles. The van der Waals surface area contributed by atoms with E-state index in [2.05, 4.69) is 6.92 Å². The molecule has 0 bridgehead atoms. The smallest absolute Gasteiger partial charge is 0.303 e. The summed E-state index contributed by atoms with van der Waals surface area (Å²) in [5.41, 5.74) is 0. The van der Waals surface area contributed by atoms with Crippen LogP contribution < -0.4 is 0 Å². The van der Waals surface area contributed by atoms with E-state index in [4.69, 9.17) is 43.0 Å². The predicted molar refractivity (Wildman–Crippen MR) is 207 cm³/mol. The average Bonchev–Trinajstić information content (AvgIpc) is 3.23. The zero-order chi connectivity index (χ0) is 45.0. The molecule has 358 valence electrons. The first-order valence-corrected chi connectivity index (χ1v) is 21.8. The quantitative estimate of drug-likeness (QED) is 0.0461. The number of hydrogen-bond donors (Lipinski definition) is 12. The fraction of sp³-hybridized carbons (Fsp3) is 0.975. The Bertz CT molecular complexity index is 1250. The molecule has 4 saturated heterocycles. The van der Waals surface area contributed by atoms with Crippen LogP contribution in [0.1, 0.15) is 104 Å². The summed E-state index contributed by atoms with van der Waals surface area (Å²) in [5, 5.41) is 127. The van der Waals surface area contributed by atoms with Gasteiger partial charge in [-0.25, -0.2) is 0 Å². The number of hydrogen-bond acceptors (Lipinski definition) is 20. The third-order valence-electron chi connectivity index (χ3n) is 12.0. The molecule has 4 fully saturated rings. The van der Waals surface area contributed by atoms with Gasteiger partial charge in [-0.2, -0.15) is 0 Å². The molecule has 0 aromatic rings. The van der Waals surface area contributed by atoms with Crippen LogP contribution in [-0.4, -0.2) is 209 Å². The standard InChI is InChI=1S/C40H72O21/c1-4-5-11-14-21(15-12-9-7-6-8-10-13-16-24(43)44)56-39-35(31(51)26(46)20(3)55-39)60-40-36(61-37-32(52)29(49)25(45)19(2)54-37)34(28(48)23(18-42)58-40)59-38-33(53)30(50)27(47)22(17-41)57-38/h19-23,25-42,45-53H,4-18H2,1-3H3,(H,43,44)/t19-,20+,21-,22+,23+,25-,26+,27+,28+,29+,30-,31-,32+,33+,34-,35+,36+,37-,38-,39-,40-/m0/s1. The molecule has 0 unspecified atom stereocenters. The minimum Gasteiger partial charge on any atom is -0.481 e. The lowest BCUT2D eigenvalue weighted by molar-refractivity contribution is -0.409. The van der Waals surface area contributed by atoms with Crippen LogP contribution in [0.4, 0.5) is 0 Å². The number of aliphatic hydroxyl groups excluding tert-OH is 11. The molecular weight excluding hydrogens is 816 g/mol. The maximum atomic E-state index is 11.5. The summed E-state index contributed by atoms with van der Waals surface area (Å²) >= 11 is 0. The van der Waals surface area contributed by atoms with Gasteiger partial charge in [0.1, 0.15) is 85.5 Å². The molecule has 21 nitrogen and oxygen atoms in total. The van der Waals surface area contributed by atoms with Crippen molar-refractivity contribution < 1.29 is 104 Å². The Balaban J connectivity index is 1.60. The summed E-state index contributed by atoms with van der Waals surface area (Å²) in [6.45, 7) is 3.32. The molecule has 0 spiro atoms. The van der Waals surface area contributed by atoms with Gasteiger partial charge in [-0.3, -0.25) is 4.79 Å². The van der Waals surface area contributed by atoms with E-state index < -0.39 is 142 Å². The van der Waals surface area contributed by atoms with Gasteiger partial charge in [0.05, 0.1) is 31.5 Å². The number of aliphatic carboxylic acids is 1. The summed E-state index contributed by atoms with van der Waals surface area (Å²) < 4.78 is 48.3. The van der Waals surface area contributed by atoms with Gasteiger partial charge in [-0.15, -0.1) is 0 Å². The van der Waals surface area contributed by atoms with E-state index in [1.165, 1.54) is 13.8 Å². The molecule has 12 N–H and O–H groups in total. The molecule has 21 heteroatoms. The third kappa shape index (κ3) is 14.1. The lowest BCUT2D eigenvalue weighted by atomic mass is 9.95. The molecule has 0 radical (unpaired) electrons. The van der Waals surface area contributed by atoms with Crippen molar-refractivity contribution in [3.8, 4) is 0 Å². The number of rotatable bonds is 24. The van der Waals surface area contributed by atoms with Crippen molar-refractivity contribution >= 4 is 5.97 Å². The Morgan fingerprint density at radius 1 is 0.492 bits per heavy atom. The molecule has 0 aromatic heterocycles. The minimum atomic E-state index is -1.97. The normalized spacial score (nSPS) is 42.7. The summed E-state index contributed by atoms with van der Waals surface area (Å²) in [6, 6.07) is 0. The second-order valence-corrected chi connectivity index (χ2v) is 16.7. The van der Waals surface area contributed by atoms with Gasteiger partial charge >= 0.3 is 5.97 Å². The van der Waals surface area contributed by atoms with E-state index in [1.54, 1.807) is 0 Å². The molecule has 4 aliphatic rings. The fourth-order valence-corrected chi connectivity index (χ4v) is 8.10. The highest BCUT2D eigenvalue weighted by Gasteiger charge is 2.56. The Kier molecular flexibility index (Phi) is 21.8. The van der Waals surface area contributed by atoms with Gasteiger partial charge in [-0.05, 0) is 33.1 Å². The zero-order valence-corrected chi connectivity index (χ0v) is 35.3. The predicted octanol–water partition coefficient (Wildman–Crippen LogP) is -2.12. The van der Waals surface area contributed by atoms with E-state index in [-0.39, 0.29) is 12.5 Å². The lowest BCUT2D eigenvalue weighted by Gasteiger charge is -2.50. The number of ether oxygens (including phenoxy) is 8. The third-order valence-corrected chi connectivity index (χ3v) is 12.0. The van der Waals surface area contributed by atoms with Gasteiger partial charge in [0.2, 0.25) is 0 Å². The molecule has 21 atom stereocenters. The van der Waals surface area contributed by atoms with Gasteiger partial charge in [0, 0.05) is 6.42 Å². The minimum absolute atomic E-state index is 0.155. The molecular formula is C40H72O21. The molecule has 4 heterocycles. The van der Waals surface area contributed by atoms with Crippen molar-refractivity contribution in [2.75, 3.05) is 13.2 Å². The molecule has 4 rings (SSSR count). The van der Waals surface area contributed by atoms with Crippen LogP contribution >= 0.6 is 0 Å². The van der Waals surface area contributed by atoms with Crippen molar-refractivity contribution in [3.63, 3.8) is 0 Å². The molecule has 0 aromatic carbocycles. The monoisotopic (exact) mass is 888 g/mol. The van der Waals surface area contributed by atoms with Gasteiger partial charge < -0.3 is 99.2 Å². The topological polar surface area (TPSA) is 334 Å². The highest BCUT2D eigenvalue weighted by atomic mass is 16.8. The Morgan fingerprint density at radius 2 is 0.951 bits per heavy atom. The second-order valence-electron chi connectivity index (χ2n) is 16.7. The van der Waals surface area contributed by atoms with Crippen molar-refractivity contribution in [1.82, 2.24) is 0 Å².